The lowest BCUT2D eigenvalue weighted by Gasteiger charge is -2.59. The molecule has 0 amide bonds. The van der Waals surface area contributed by atoms with Gasteiger partial charge in [-0.2, -0.15) is 4.31 Å². The monoisotopic (exact) mass is 551 g/mol. The summed E-state index contributed by atoms with van der Waals surface area (Å²) < 4.78 is 33.5. The Hall–Kier alpha value is -0.210. The summed E-state index contributed by atoms with van der Waals surface area (Å²) in [7, 11) is -2.18. The van der Waals surface area contributed by atoms with Crippen LogP contribution in [-0.2, 0) is 14.8 Å². The second-order valence-corrected chi connectivity index (χ2v) is 17.4. The number of hydrogen-bond donors (Lipinski definition) is 2. The van der Waals surface area contributed by atoms with E-state index in [1.807, 2.05) is 0 Å². The molecular weight excluding hydrogens is 498 g/mol. The smallest absolute Gasteiger partial charge is 0.211 e. The molecule has 7 unspecified atom stereocenters. The number of hydrogen-bond acceptors (Lipinski definition) is 5. The first-order valence-corrected chi connectivity index (χ1v) is 17.5. The van der Waals surface area contributed by atoms with Gasteiger partial charge in [-0.3, -0.25) is 0 Å². The van der Waals surface area contributed by atoms with Crippen LogP contribution in [0.3, 0.4) is 0 Å². The number of aliphatic hydroxyl groups excluding tert-OH is 2. The normalized spacial score (nSPS) is 50.5. The Kier molecular flexibility index (Phi) is 6.72. The van der Waals surface area contributed by atoms with E-state index in [4.69, 9.17) is 9.84 Å². The zero-order chi connectivity index (χ0) is 27.3. The Balaban J connectivity index is 0.00000129. The Labute approximate surface area is 231 Å². The largest absolute Gasteiger partial charge is 0.400 e. The number of ether oxygens (including phenoxy) is 1. The second-order valence-electron chi connectivity index (χ2n) is 15.5. The molecule has 218 valence electrons. The predicted octanol–water partition coefficient (Wildman–Crippen LogP) is 4.83. The van der Waals surface area contributed by atoms with Crippen LogP contribution in [0, 0.1) is 51.2 Å². The van der Waals surface area contributed by atoms with E-state index >= 15 is 0 Å². The van der Waals surface area contributed by atoms with Crippen LogP contribution in [-0.4, -0.2) is 67.7 Å². The van der Waals surface area contributed by atoms with Gasteiger partial charge in [0.15, 0.2) is 0 Å². The Morgan fingerprint density at radius 3 is 2.24 bits per heavy atom. The van der Waals surface area contributed by atoms with E-state index in [2.05, 4.69) is 20.8 Å². The highest BCUT2D eigenvalue weighted by atomic mass is 32.2. The number of aliphatic hydroxyl groups is 2. The van der Waals surface area contributed by atoms with E-state index in [1.54, 1.807) is 4.31 Å². The van der Waals surface area contributed by atoms with Crippen molar-refractivity contribution in [2.24, 2.45) is 51.2 Å². The van der Waals surface area contributed by atoms with E-state index in [9.17, 15) is 13.5 Å². The third-order valence-electron chi connectivity index (χ3n) is 13.7. The number of rotatable bonds is 5. The molecule has 1 aliphatic heterocycles. The van der Waals surface area contributed by atoms with Crippen molar-refractivity contribution in [3.8, 4) is 0 Å². The minimum Gasteiger partial charge on any atom is -0.400 e. The second kappa shape index (κ2) is 9.14. The molecule has 7 aliphatic rings. The summed E-state index contributed by atoms with van der Waals surface area (Å²) in [6.07, 6.45) is 16.4. The maximum absolute atomic E-state index is 12.5. The van der Waals surface area contributed by atoms with Crippen LogP contribution >= 0.6 is 0 Å². The molecule has 7 rings (SSSR count). The summed E-state index contributed by atoms with van der Waals surface area (Å²) in [4.78, 5) is 0. The Morgan fingerprint density at radius 1 is 0.842 bits per heavy atom. The number of fused-ring (bicyclic) bond motifs is 4. The van der Waals surface area contributed by atoms with Gasteiger partial charge in [0.2, 0.25) is 10.0 Å². The fourth-order valence-corrected chi connectivity index (χ4v) is 12.5. The van der Waals surface area contributed by atoms with Gasteiger partial charge in [0, 0.05) is 20.2 Å². The summed E-state index contributed by atoms with van der Waals surface area (Å²) in [5, 5.41) is 17.9. The van der Waals surface area contributed by atoms with Gasteiger partial charge >= 0.3 is 0 Å². The van der Waals surface area contributed by atoms with Crippen LogP contribution in [0.1, 0.15) is 97.8 Å². The van der Waals surface area contributed by atoms with E-state index in [0.29, 0.717) is 53.2 Å². The standard InChI is InChI=1S/C30H49NO4S.CH4O/c1-27(2)25-10-9-21-23-15-24-22(8-7-20(35-24)17-31(36(4,33)34)16-19-5-6-19)28(23,3)13-14-29(21)18-30(25,29)12-11-26(27)32;1-2/h19-26,32H,5-18H2,1-4H3;2H,1H3/t20?,21?,22?,23?,24?,25?,26-,28+,29-,30?;/m0./s1. The molecule has 1 heterocycles. The van der Waals surface area contributed by atoms with Crippen LogP contribution in [0.25, 0.3) is 0 Å². The van der Waals surface area contributed by atoms with Crippen LogP contribution in [0.2, 0.25) is 0 Å². The zero-order valence-corrected chi connectivity index (χ0v) is 25.3. The van der Waals surface area contributed by atoms with Gasteiger partial charge in [-0.15, -0.1) is 0 Å². The molecule has 6 aliphatic carbocycles. The quantitative estimate of drug-likeness (QED) is 0.511. The van der Waals surface area contributed by atoms with Crippen LogP contribution in [0.4, 0.5) is 0 Å². The topological polar surface area (TPSA) is 87.1 Å². The third-order valence-corrected chi connectivity index (χ3v) is 14.9. The molecule has 6 nitrogen and oxygen atoms in total. The fourth-order valence-electron chi connectivity index (χ4n) is 11.6. The summed E-state index contributed by atoms with van der Waals surface area (Å²) in [6, 6.07) is 0. The number of sulfonamides is 1. The van der Waals surface area contributed by atoms with Gasteiger partial charge in [-0.1, -0.05) is 20.8 Å². The molecule has 2 N–H and O–H groups in total. The van der Waals surface area contributed by atoms with Gasteiger partial charge in [0.25, 0.3) is 0 Å². The molecule has 7 heteroatoms. The lowest BCUT2D eigenvalue weighted by atomic mass is 9.46. The molecule has 6 saturated carbocycles. The van der Waals surface area contributed by atoms with Gasteiger partial charge in [-0.05, 0) is 128 Å². The van der Waals surface area contributed by atoms with Crippen molar-refractivity contribution in [2.75, 3.05) is 26.5 Å². The summed E-state index contributed by atoms with van der Waals surface area (Å²) >= 11 is 0. The van der Waals surface area contributed by atoms with E-state index in [0.717, 1.165) is 31.8 Å². The lowest BCUT2D eigenvalue weighted by Crippen LogP contribution is -2.54. The molecule has 1 saturated heterocycles. The van der Waals surface area contributed by atoms with Gasteiger partial charge in [-0.25, -0.2) is 8.42 Å². The van der Waals surface area contributed by atoms with Crippen molar-refractivity contribution in [3.05, 3.63) is 0 Å². The first kappa shape index (κ1) is 27.9. The van der Waals surface area contributed by atoms with Crippen molar-refractivity contribution < 1.29 is 23.4 Å². The highest BCUT2D eigenvalue weighted by Crippen LogP contribution is 2.87. The molecule has 0 aromatic carbocycles. The number of nitrogens with zero attached hydrogens (tertiary/aromatic N) is 1. The lowest BCUT2D eigenvalue weighted by molar-refractivity contribution is -0.135. The van der Waals surface area contributed by atoms with Crippen molar-refractivity contribution in [2.45, 2.75) is 116 Å². The highest BCUT2D eigenvalue weighted by Gasteiger charge is 2.80. The summed E-state index contributed by atoms with van der Waals surface area (Å²) in [5.74, 6) is 3.48. The molecule has 0 aromatic heterocycles. The van der Waals surface area contributed by atoms with Crippen molar-refractivity contribution in [3.63, 3.8) is 0 Å². The Bertz CT molecular complexity index is 1030. The van der Waals surface area contributed by atoms with Gasteiger partial charge in [0.05, 0.1) is 24.6 Å². The SMILES string of the molecule is CC1(C)C2CCC3C4CC5OC(CN(CC6CC6)S(C)(=O)=O)CCC5[C@@]4(C)CC[C@]34CC24CC[C@@H]1O.CO. The molecule has 38 heavy (non-hydrogen) atoms. The highest BCUT2D eigenvalue weighted by molar-refractivity contribution is 7.88. The zero-order valence-electron chi connectivity index (χ0n) is 24.5. The first-order valence-electron chi connectivity index (χ1n) is 15.6. The van der Waals surface area contributed by atoms with Crippen molar-refractivity contribution in [1.29, 1.82) is 0 Å². The van der Waals surface area contributed by atoms with Gasteiger partial charge < -0.3 is 14.9 Å². The molecule has 0 bridgehead atoms. The van der Waals surface area contributed by atoms with Crippen molar-refractivity contribution >= 4 is 10.0 Å². The van der Waals surface area contributed by atoms with Gasteiger partial charge in [0.1, 0.15) is 0 Å². The maximum Gasteiger partial charge on any atom is 0.211 e. The van der Waals surface area contributed by atoms with Crippen LogP contribution < -0.4 is 0 Å². The molecule has 7 fully saturated rings. The fraction of sp³-hybridized carbons (Fsp3) is 1.00. The molecule has 0 radical (unpaired) electrons. The van der Waals surface area contributed by atoms with Crippen molar-refractivity contribution in [1.82, 2.24) is 4.31 Å². The molecular formula is C31H53NO5S. The Morgan fingerprint density at radius 2 is 1.55 bits per heavy atom. The summed E-state index contributed by atoms with van der Waals surface area (Å²) in [6.45, 7) is 8.54. The predicted molar refractivity (Wildman–Crippen MR) is 149 cm³/mol. The molecule has 0 aromatic rings. The van der Waals surface area contributed by atoms with Crippen LogP contribution in [0.15, 0.2) is 0 Å². The average Bonchev–Trinajstić information content (AvgIpc) is 3.77. The minimum atomic E-state index is -3.18. The van der Waals surface area contributed by atoms with E-state index < -0.39 is 10.0 Å². The van der Waals surface area contributed by atoms with E-state index in [-0.39, 0.29) is 17.6 Å². The van der Waals surface area contributed by atoms with Crippen LogP contribution in [0.5, 0.6) is 0 Å². The summed E-state index contributed by atoms with van der Waals surface area (Å²) in [5.41, 5.74) is 1.47. The van der Waals surface area contributed by atoms with E-state index in [1.165, 1.54) is 70.5 Å². The maximum atomic E-state index is 12.5. The average molecular weight is 552 g/mol. The minimum absolute atomic E-state index is 0.0550. The molecule has 2 spiro atoms. The third kappa shape index (κ3) is 3.94. The molecule has 10 atom stereocenters. The first-order chi connectivity index (χ1) is 17.9.